The van der Waals surface area contributed by atoms with E-state index in [2.05, 4.69) is 25.9 Å². The molecule has 1 aliphatic rings. The second-order valence-corrected chi connectivity index (χ2v) is 7.08. The molecule has 0 saturated carbocycles. The molecule has 0 spiro atoms. The van der Waals surface area contributed by atoms with Gasteiger partial charge in [-0.05, 0) is 31.2 Å². The second-order valence-electron chi connectivity index (χ2n) is 6.30. The molecular weight excluding hydrogens is 415 g/mol. The number of nitrogens with zero attached hydrogens (tertiary/aromatic N) is 2. The van der Waals surface area contributed by atoms with Gasteiger partial charge in [0.2, 0.25) is 17.8 Å². The molecule has 2 aromatic rings. The van der Waals surface area contributed by atoms with Crippen molar-refractivity contribution in [1.82, 2.24) is 5.32 Å². The van der Waals surface area contributed by atoms with Crippen molar-refractivity contribution in [2.45, 2.75) is 19.4 Å². The van der Waals surface area contributed by atoms with Crippen LogP contribution in [0.4, 0.5) is 11.4 Å². The molecule has 0 fully saturated rings. The summed E-state index contributed by atoms with van der Waals surface area (Å²) < 4.78 is 0. The first-order valence-corrected chi connectivity index (χ1v) is 9.38. The molecule has 8 nitrogen and oxygen atoms in total. The standard InChI is InChI=1S/C19H18Cl2N6O2/c1-10-5-7-11(8-6-10)23-18(22)27-19-25-14(17(29)26-19)9-15(28)24-13-4-2-3-12(20)16(13)21/h2-8,14H,9H2,1H3,(H,24,28)(H4,22,23,25,26,27,29). The van der Waals surface area contributed by atoms with Gasteiger partial charge < -0.3 is 16.4 Å². The summed E-state index contributed by atoms with van der Waals surface area (Å²) in [5, 5.41) is 8.55. The van der Waals surface area contributed by atoms with Crippen LogP contribution in [0.1, 0.15) is 12.0 Å². The fraction of sp³-hybridized carbons (Fsp3) is 0.158. The Hall–Kier alpha value is -3.10. The van der Waals surface area contributed by atoms with Gasteiger partial charge in [0.15, 0.2) is 0 Å². The predicted octanol–water partition coefficient (Wildman–Crippen LogP) is 2.91. The Morgan fingerprint density at radius 3 is 2.66 bits per heavy atom. The molecular formula is C19H18Cl2N6O2. The number of amides is 2. The van der Waals surface area contributed by atoms with Gasteiger partial charge in [0.1, 0.15) is 6.04 Å². The van der Waals surface area contributed by atoms with Crippen molar-refractivity contribution in [2.75, 3.05) is 10.6 Å². The highest BCUT2D eigenvalue weighted by Gasteiger charge is 2.29. The number of aliphatic imine (C=N–C) groups is 2. The lowest BCUT2D eigenvalue weighted by Crippen LogP contribution is -2.32. The van der Waals surface area contributed by atoms with E-state index in [-0.39, 0.29) is 23.4 Å². The maximum atomic E-state index is 12.2. The summed E-state index contributed by atoms with van der Waals surface area (Å²) in [7, 11) is 0. The summed E-state index contributed by atoms with van der Waals surface area (Å²) in [6.45, 7) is 1.97. The SMILES string of the molecule is Cc1ccc(N/C(N)=N/C2=NC(CC(=O)Nc3cccc(Cl)c3Cl)C(=O)N2)cc1. The van der Waals surface area contributed by atoms with Gasteiger partial charge in [-0.3, -0.25) is 14.9 Å². The van der Waals surface area contributed by atoms with Crippen molar-refractivity contribution in [3.8, 4) is 0 Å². The lowest BCUT2D eigenvalue weighted by molar-refractivity contribution is -0.123. The van der Waals surface area contributed by atoms with Crippen molar-refractivity contribution < 1.29 is 9.59 Å². The summed E-state index contributed by atoms with van der Waals surface area (Å²) in [5.41, 5.74) is 8.06. The molecule has 1 atom stereocenters. The first-order valence-electron chi connectivity index (χ1n) is 8.62. The third-order valence-corrected chi connectivity index (χ3v) is 4.79. The minimum atomic E-state index is -0.918. The van der Waals surface area contributed by atoms with E-state index in [1.165, 1.54) is 0 Å². The number of guanidine groups is 2. The molecule has 150 valence electrons. The lowest BCUT2D eigenvalue weighted by atomic mass is 10.2. The van der Waals surface area contributed by atoms with Gasteiger partial charge in [-0.1, -0.05) is 47.0 Å². The van der Waals surface area contributed by atoms with E-state index in [4.69, 9.17) is 28.9 Å². The minimum Gasteiger partial charge on any atom is -0.369 e. The van der Waals surface area contributed by atoms with Crippen LogP contribution in [0.25, 0.3) is 0 Å². The van der Waals surface area contributed by atoms with Crippen molar-refractivity contribution in [2.24, 2.45) is 15.7 Å². The highest BCUT2D eigenvalue weighted by molar-refractivity contribution is 6.44. The molecule has 5 N–H and O–H groups in total. The number of hydrogen-bond acceptors (Lipinski definition) is 4. The maximum Gasteiger partial charge on any atom is 0.252 e. The number of nitrogens with one attached hydrogen (secondary N) is 3. The fourth-order valence-electron chi connectivity index (χ4n) is 2.53. The third kappa shape index (κ3) is 5.46. The van der Waals surface area contributed by atoms with Crippen molar-refractivity contribution >= 4 is 58.3 Å². The van der Waals surface area contributed by atoms with Crippen LogP contribution in [0.5, 0.6) is 0 Å². The smallest absolute Gasteiger partial charge is 0.252 e. The lowest BCUT2D eigenvalue weighted by Gasteiger charge is -2.09. The molecule has 2 aromatic carbocycles. The Morgan fingerprint density at radius 2 is 1.93 bits per heavy atom. The summed E-state index contributed by atoms with van der Waals surface area (Å²) in [6, 6.07) is 11.5. The number of hydrogen-bond donors (Lipinski definition) is 4. The first-order chi connectivity index (χ1) is 13.8. The number of benzene rings is 2. The van der Waals surface area contributed by atoms with Gasteiger partial charge >= 0.3 is 0 Å². The Bertz CT molecular complexity index is 1000. The zero-order chi connectivity index (χ0) is 21.0. The molecule has 0 radical (unpaired) electrons. The Morgan fingerprint density at radius 1 is 1.21 bits per heavy atom. The van der Waals surface area contributed by atoms with Gasteiger partial charge in [-0.15, -0.1) is 0 Å². The van der Waals surface area contributed by atoms with Gasteiger partial charge in [0, 0.05) is 5.69 Å². The number of halogens is 2. The molecule has 29 heavy (non-hydrogen) atoms. The molecule has 1 unspecified atom stereocenters. The van der Waals surface area contributed by atoms with Crippen LogP contribution in [-0.4, -0.2) is 29.8 Å². The fourth-order valence-corrected chi connectivity index (χ4v) is 2.88. The second kappa shape index (κ2) is 8.93. The quantitative estimate of drug-likeness (QED) is 0.438. The first kappa shape index (κ1) is 20.6. The van der Waals surface area contributed by atoms with Crippen molar-refractivity contribution in [3.63, 3.8) is 0 Å². The molecule has 1 aliphatic heterocycles. The topological polar surface area (TPSA) is 121 Å². The average molecular weight is 433 g/mol. The molecule has 2 amide bonds. The monoisotopic (exact) mass is 432 g/mol. The van der Waals surface area contributed by atoms with E-state index in [1.807, 2.05) is 31.2 Å². The van der Waals surface area contributed by atoms with Crippen LogP contribution in [0.2, 0.25) is 10.0 Å². The van der Waals surface area contributed by atoms with Crippen LogP contribution < -0.4 is 21.7 Å². The average Bonchev–Trinajstić information content (AvgIpc) is 2.99. The van der Waals surface area contributed by atoms with Crippen LogP contribution >= 0.6 is 23.2 Å². The van der Waals surface area contributed by atoms with Crippen LogP contribution in [0.3, 0.4) is 0 Å². The Balaban J connectivity index is 1.62. The van der Waals surface area contributed by atoms with Crippen LogP contribution in [-0.2, 0) is 9.59 Å². The molecule has 0 aromatic heterocycles. The number of rotatable bonds is 4. The maximum absolute atomic E-state index is 12.2. The van der Waals surface area contributed by atoms with E-state index in [0.717, 1.165) is 11.3 Å². The van der Waals surface area contributed by atoms with E-state index in [0.29, 0.717) is 10.7 Å². The van der Waals surface area contributed by atoms with Gasteiger partial charge in [-0.2, -0.15) is 4.99 Å². The predicted molar refractivity (Wildman–Crippen MR) is 115 cm³/mol. The molecule has 10 heteroatoms. The minimum absolute atomic E-state index is 0.0331. The highest BCUT2D eigenvalue weighted by Crippen LogP contribution is 2.29. The zero-order valence-electron chi connectivity index (χ0n) is 15.4. The number of nitrogens with two attached hydrogens (primary N) is 1. The summed E-state index contributed by atoms with van der Waals surface area (Å²) in [4.78, 5) is 32.5. The summed E-state index contributed by atoms with van der Waals surface area (Å²) in [5.74, 6) is -0.789. The van der Waals surface area contributed by atoms with Crippen LogP contribution in [0.15, 0.2) is 52.4 Å². The Kier molecular flexibility index (Phi) is 6.36. The Labute approximate surface area is 177 Å². The number of anilines is 2. The number of carbonyl (C=O) groups excluding carboxylic acids is 2. The summed E-state index contributed by atoms with van der Waals surface area (Å²) in [6.07, 6.45) is -0.182. The van der Waals surface area contributed by atoms with Gasteiger partial charge in [0.25, 0.3) is 5.91 Å². The third-order valence-electron chi connectivity index (χ3n) is 3.97. The summed E-state index contributed by atoms with van der Waals surface area (Å²) >= 11 is 12.0. The van der Waals surface area contributed by atoms with Gasteiger partial charge in [0.05, 0.1) is 22.2 Å². The van der Waals surface area contributed by atoms with Gasteiger partial charge in [-0.25, -0.2) is 4.99 Å². The zero-order valence-corrected chi connectivity index (χ0v) is 16.9. The molecule has 1 heterocycles. The molecule has 3 rings (SSSR count). The number of aryl methyl sites for hydroxylation is 1. The van der Waals surface area contributed by atoms with Crippen LogP contribution in [0, 0.1) is 6.92 Å². The molecule has 0 bridgehead atoms. The van der Waals surface area contributed by atoms with E-state index < -0.39 is 17.9 Å². The van der Waals surface area contributed by atoms with E-state index in [1.54, 1.807) is 18.2 Å². The molecule has 0 saturated heterocycles. The molecule has 0 aliphatic carbocycles. The normalized spacial score (nSPS) is 16.2. The van der Waals surface area contributed by atoms with Crippen molar-refractivity contribution in [1.29, 1.82) is 0 Å². The number of carbonyl (C=O) groups is 2. The van der Waals surface area contributed by atoms with E-state index >= 15 is 0 Å². The largest absolute Gasteiger partial charge is 0.369 e. The van der Waals surface area contributed by atoms with E-state index in [9.17, 15) is 9.59 Å². The van der Waals surface area contributed by atoms with Crippen molar-refractivity contribution in [3.05, 3.63) is 58.1 Å². The highest BCUT2D eigenvalue weighted by atomic mass is 35.5.